The number of hydrogen-bond acceptors (Lipinski definition) is 3. The molecule has 5 heteroatoms. The molecule has 2 N–H and O–H groups in total. The largest absolute Gasteiger partial charge is 0.452 e. The van der Waals surface area contributed by atoms with Gasteiger partial charge in [-0.1, -0.05) is 131 Å². The molecule has 0 aromatic heterocycles. The summed E-state index contributed by atoms with van der Waals surface area (Å²) in [5, 5.41) is 21.6. The van der Waals surface area contributed by atoms with Crippen LogP contribution < -0.4 is 0 Å². The molecule has 0 rings (SSSR count). The molecule has 2 atom stereocenters. The van der Waals surface area contributed by atoms with E-state index >= 15 is 0 Å². The lowest BCUT2D eigenvalue weighted by Gasteiger charge is -2.39. The minimum absolute atomic E-state index is 0. The van der Waals surface area contributed by atoms with Gasteiger partial charge in [0.25, 0.3) is 0 Å². The van der Waals surface area contributed by atoms with E-state index in [0.717, 1.165) is 25.7 Å². The molecule has 0 amide bonds. The van der Waals surface area contributed by atoms with Crippen molar-refractivity contribution < 1.29 is 14.3 Å². The summed E-state index contributed by atoms with van der Waals surface area (Å²) in [5.41, 5.74) is -0.649. The molecule has 0 aliphatic heterocycles. The molecule has 0 aromatic carbocycles. The molecule has 0 radical (unpaired) electrons. The molecule has 0 fully saturated rings. The van der Waals surface area contributed by atoms with Crippen LogP contribution in [0.4, 0.5) is 0 Å². The second-order valence-electron chi connectivity index (χ2n) is 10.9. The standard InChI is InChI=1S/C26H58O3Si2.2CH4/c1-7-9-11-13-15-17-19-21-23-25(27)30(3,4)29-31(5,6)26(28)24-22-20-18-16-14-12-10-8-2;;/h25-28H,7-24H2,1-6H3;2*1H4. The highest BCUT2D eigenvalue weighted by atomic mass is 28.4. The first-order valence-corrected chi connectivity index (χ1v) is 19.7. The smallest absolute Gasteiger partial charge is 0.202 e. The Morgan fingerprint density at radius 3 is 1.00 bits per heavy atom. The molecule has 0 aliphatic rings. The molecular formula is C28H66O3Si2. The first-order valence-electron chi connectivity index (χ1n) is 13.7. The van der Waals surface area contributed by atoms with E-state index in [4.69, 9.17) is 4.12 Å². The van der Waals surface area contributed by atoms with Gasteiger partial charge in [-0.2, -0.15) is 0 Å². The fraction of sp³-hybridized carbons (Fsp3) is 1.00. The van der Waals surface area contributed by atoms with Crippen molar-refractivity contribution in [3.63, 3.8) is 0 Å². The van der Waals surface area contributed by atoms with Crippen LogP contribution in [-0.2, 0) is 4.12 Å². The fourth-order valence-corrected chi connectivity index (χ4v) is 12.8. The van der Waals surface area contributed by atoms with Gasteiger partial charge < -0.3 is 14.3 Å². The van der Waals surface area contributed by atoms with E-state index in [9.17, 15) is 10.2 Å². The van der Waals surface area contributed by atoms with E-state index in [0.29, 0.717) is 0 Å². The average molecular weight is 507 g/mol. The van der Waals surface area contributed by atoms with Gasteiger partial charge in [0.2, 0.25) is 16.6 Å². The zero-order valence-corrected chi connectivity index (χ0v) is 24.2. The third-order valence-electron chi connectivity index (χ3n) is 6.79. The minimum atomic E-state index is -2.21. The second kappa shape index (κ2) is 22.8. The first kappa shape index (κ1) is 37.9. The Bertz CT molecular complexity index is 367. The second-order valence-corrected chi connectivity index (χ2v) is 19.4. The van der Waals surface area contributed by atoms with E-state index in [-0.39, 0.29) is 26.3 Å². The molecule has 0 aliphatic carbocycles. The van der Waals surface area contributed by atoms with Gasteiger partial charge in [0.1, 0.15) is 0 Å². The van der Waals surface area contributed by atoms with E-state index in [1.807, 2.05) is 0 Å². The molecule has 3 nitrogen and oxygen atoms in total. The maximum Gasteiger partial charge on any atom is 0.202 e. The summed E-state index contributed by atoms with van der Waals surface area (Å²) >= 11 is 0. The zero-order chi connectivity index (χ0) is 23.6. The topological polar surface area (TPSA) is 49.7 Å². The molecule has 0 spiro atoms. The van der Waals surface area contributed by atoms with Gasteiger partial charge in [-0.15, -0.1) is 0 Å². The molecule has 204 valence electrons. The van der Waals surface area contributed by atoms with Gasteiger partial charge in [-0.3, -0.25) is 0 Å². The van der Waals surface area contributed by atoms with Crippen molar-refractivity contribution in [1.82, 2.24) is 0 Å². The maximum absolute atomic E-state index is 10.8. The quantitative estimate of drug-likeness (QED) is 0.113. The lowest BCUT2D eigenvalue weighted by atomic mass is 10.1. The minimum Gasteiger partial charge on any atom is -0.452 e. The third kappa shape index (κ3) is 20.2. The van der Waals surface area contributed by atoms with E-state index in [2.05, 4.69) is 40.0 Å². The van der Waals surface area contributed by atoms with Crippen LogP contribution in [0, 0.1) is 0 Å². The summed E-state index contributed by atoms with van der Waals surface area (Å²) in [7, 11) is -4.41. The van der Waals surface area contributed by atoms with Crippen LogP contribution in [0.5, 0.6) is 0 Å². The van der Waals surface area contributed by atoms with Crippen LogP contribution in [0.15, 0.2) is 0 Å². The van der Waals surface area contributed by atoms with Gasteiger partial charge in [0.15, 0.2) is 0 Å². The Morgan fingerprint density at radius 1 is 0.485 bits per heavy atom. The van der Waals surface area contributed by atoms with E-state index in [1.54, 1.807) is 0 Å². The summed E-state index contributed by atoms with van der Waals surface area (Å²) in [6, 6.07) is 0. The number of unbranched alkanes of at least 4 members (excludes halogenated alkanes) is 14. The van der Waals surface area contributed by atoms with Gasteiger partial charge >= 0.3 is 0 Å². The lowest BCUT2D eigenvalue weighted by Crippen LogP contribution is -2.57. The van der Waals surface area contributed by atoms with Gasteiger partial charge in [0, 0.05) is 0 Å². The Morgan fingerprint density at radius 2 is 0.727 bits per heavy atom. The summed E-state index contributed by atoms with van der Waals surface area (Å²) < 4.78 is 6.57. The summed E-state index contributed by atoms with van der Waals surface area (Å²) in [6.45, 7) is 13.1. The third-order valence-corrected chi connectivity index (χ3v) is 14.8. The molecule has 0 heterocycles. The fourth-order valence-electron chi connectivity index (χ4n) is 4.45. The predicted octanol–water partition coefficient (Wildman–Crippen LogP) is 9.55. The van der Waals surface area contributed by atoms with Crippen molar-refractivity contribution >= 4 is 16.6 Å². The lowest BCUT2D eigenvalue weighted by molar-refractivity contribution is 0.189. The van der Waals surface area contributed by atoms with Gasteiger partial charge in [0.05, 0.1) is 11.5 Å². The molecule has 2 unspecified atom stereocenters. The van der Waals surface area contributed by atoms with Gasteiger partial charge in [-0.05, 0) is 39.0 Å². The van der Waals surface area contributed by atoms with Crippen LogP contribution in [0.2, 0.25) is 26.2 Å². The van der Waals surface area contributed by atoms with Crippen molar-refractivity contribution in [3.05, 3.63) is 0 Å². The molecule has 0 aromatic rings. The average Bonchev–Trinajstić information content (AvgIpc) is 2.70. The van der Waals surface area contributed by atoms with Gasteiger partial charge in [-0.25, -0.2) is 0 Å². The summed E-state index contributed by atoms with van der Waals surface area (Å²) in [6.07, 6.45) is 22.4. The van der Waals surface area contributed by atoms with Crippen molar-refractivity contribution in [1.29, 1.82) is 0 Å². The Labute approximate surface area is 212 Å². The monoisotopic (exact) mass is 506 g/mol. The van der Waals surface area contributed by atoms with E-state index in [1.165, 1.54) is 89.9 Å². The molecular weight excluding hydrogens is 440 g/mol. The molecule has 0 bridgehead atoms. The van der Waals surface area contributed by atoms with Crippen molar-refractivity contribution in [3.8, 4) is 0 Å². The summed E-state index contributed by atoms with van der Waals surface area (Å²) in [4.78, 5) is 0. The van der Waals surface area contributed by atoms with Crippen molar-refractivity contribution in [2.45, 2.75) is 182 Å². The highest BCUT2D eigenvalue weighted by Crippen LogP contribution is 2.25. The highest BCUT2D eigenvalue weighted by molar-refractivity contribution is 6.86. The predicted molar refractivity (Wildman–Crippen MR) is 156 cm³/mol. The van der Waals surface area contributed by atoms with E-state index < -0.39 is 16.6 Å². The Balaban J connectivity index is -0.00000450. The first-order chi connectivity index (χ1) is 14.7. The number of aliphatic hydroxyl groups is 2. The van der Waals surface area contributed by atoms with Crippen LogP contribution in [0.25, 0.3) is 0 Å². The SMILES string of the molecule is C.C.CCCCCCCCCCC(O)[Si](C)(C)O[Si](C)(C)C(O)CCCCCCCCCC. The van der Waals surface area contributed by atoms with Crippen LogP contribution >= 0.6 is 0 Å². The highest BCUT2D eigenvalue weighted by Gasteiger charge is 2.42. The Hall–Kier alpha value is 0.314. The van der Waals surface area contributed by atoms with Crippen LogP contribution in [-0.4, -0.2) is 38.3 Å². The molecule has 0 saturated carbocycles. The van der Waals surface area contributed by atoms with Crippen LogP contribution in [0.3, 0.4) is 0 Å². The number of rotatable bonds is 22. The Kier molecular flexibility index (Phi) is 26.1. The van der Waals surface area contributed by atoms with Crippen molar-refractivity contribution in [2.75, 3.05) is 0 Å². The van der Waals surface area contributed by atoms with Crippen LogP contribution in [0.1, 0.15) is 144 Å². The zero-order valence-electron chi connectivity index (χ0n) is 22.2. The summed E-state index contributed by atoms with van der Waals surface area (Å²) in [5.74, 6) is 0. The normalized spacial score (nSPS) is 13.8. The maximum atomic E-state index is 10.8. The number of aliphatic hydroxyl groups excluding tert-OH is 2. The molecule has 33 heavy (non-hydrogen) atoms. The number of hydrogen-bond donors (Lipinski definition) is 2. The van der Waals surface area contributed by atoms with Crippen molar-refractivity contribution in [2.24, 2.45) is 0 Å². The molecule has 0 saturated heterocycles.